The first kappa shape index (κ1) is 7.71. The molecule has 0 saturated carbocycles. The molecule has 4 N–H and O–H groups in total. The van der Waals surface area contributed by atoms with Gasteiger partial charge in [0.15, 0.2) is 6.17 Å². The fourth-order valence-electron chi connectivity index (χ4n) is 0.168. The van der Waals surface area contributed by atoms with E-state index >= 15 is 0 Å². The van der Waals surface area contributed by atoms with E-state index in [1.165, 1.54) is 0 Å². The summed E-state index contributed by atoms with van der Waals surface area (Å²) in [6, 6.07) is 0. The quantitative estimate of drug-likeness (QED) is 0.507. The lowest BCUT2D eigenvalue weighted by Gasteiger charge is -2.08. The molecule has 0 unspecified atom stereocenters. The third kappa shape index (κ3) is 2.13. The van der Waals surface area contributed by atoms with Gasteiger partial charge in [0.25, 0.3) is 6.43 Å². The van der Waals surface area contributed by atoms with Crippen molar-refractivity contribution >= 4 is 0 Å². The van der Waals surface area contributed by atoms with Crippen LogP contribution in [0.15, 0.2) is 0 Å². The molecule has 0 aromatic rings. The van der Waals surface area contributed by atoms with E-state index in [0.29, 0.717) is 0 Å². The van der Waals surface area contributed by atoms with Crippen LogP contribution in [0.5, 0.6) is 0 Å². The number of hydrogen-bond donors (Lipinski definition) is 2. The molecule has 8 heavy (non-hydrogen) atoms. The van der Waals surface area contributed by atoms with Crippen molar-refractivity contribution in [2.75, 3.05) is 0 Å². The van der Waals surface area contributed by atoms with E-state index in [4.69, 9.17) is 0 Å². The summed E-state index contributed by atoms with van der Waals surface area (Å²) < 4.78 is 33.9. The van der Waals surface area contributed by atoms with Gasteiger partial charge in [-0.2, -0.15) is 0 Å². The SMILES string of the molecule is NC(N)[C@H](F)C(F)F. The molecule has 0 radical (unpaired) electrons. The minimum Gasteiger partial charge on any atom is -0.313 e. The first-order chi connectivity index (χ1) is 3.55. The Morgan fingerprint density at radius 2 is 1.38 bits per heavy atom. The molecule has 0 amide bonds. The lowest BCUT2D eigenvalue weighted by molar-refractivity contribution is 0.0369. The molecule has 50 valence electrons. The molecular weight excluding hydrogens is 121 g/mol. The average Bonchev–Trinajstić information content (AvgIpc) is 1.64. The van der Waals surface area contributed by atoms with Gasteiger partial charge >= 0.3 is 0 Å². The fourth-order valence-corrected chi connectivity index (χ4v) is 0.168. The van der Waals surface area contributed by atoms with Crippen molar-refractivity contribution in [1.29, 1.82) is 0 Å². The Kier molecular flexibility index (Phi) is 2.78. The van der Waals surface area contributed by atoms with E-state index in [0.717, 1.165) is 0 Å². The van der Waals surface area contributed by atoms with Crippen molar-refractivity contribution in [2.24, 2.45) is 11.5 Å². The van der Waals surface area contributed by atoms with E-state index in [-0.39, 0.29) is 0 Å². The van der Waals surface area contributed by atoms with Gasteiger partial charge in [0.1, 0.15) is 0 Å². The van der Waals surface area contributed by atoms with Crippen LogP contribution in [0.4, 0.5) is 13.2 Å². The third-order valence-electron chi connectivity index (χ3n) is 0.608. The van der Waals surface area contributed by atoms with Gasteiger partial charge in [-0.25, -0.2) is 13.2 Å². The zero-order valence-electron chi connectivity index (χ0n) is 4.02. The second-order valence-electron chi connectivity index (χ2n) is 1.36. The van der Waals surface area contributed by atoms with Crippen LogP contribution in [0, 0.1) is 0 Å². The number of hydrogen-bond acceptors (Lipinski definition) is 2. The highest BCUT2D eigenvalue weighted by Crippen LogP contribution is 2.04. The van der Waals surface area contributed by atoms with E-state index in [2.05, 4.69) is 11.5 Å². The predicted octanol–water partition coefficient (Wildman–Crippen LogP) is -0.167. The van der Waals surface area contributed by atoms with Crippen LogP contribution in [0.3, 0.4) is 0 Å². The molecule has 0 spiro atoms. The average molecular weight is 128 g/mol. The fraction of sp³-hybridized carbons (Fsp3) is 1.00. The van der Waals surface area contributed by atoms with Gasteiger partial charge in [-0.3, -0.25) is 0 Å². The van der Waals surface area contributed by atoms with Crippen LogP contribution in [-0.2, 0) is 0 Å². The molecule has 0 aromatic heterocycles. The Balaban J connectivity index is 3.46. The molecule has 1 atom stereocenters. The maximum Gasteiger partial charge on any atom is 0.272 e. The van der Waals surface area contributed by atoms with Gasteiger partial charge in [0.05, 0.1) is 6.17 Å². The molecule has 0 saturated heterocycles. The second-order valence-corrected chi connectivity index (χ2v) is 1.36. The lowest BCUT2D eigenvalue weighted by Crippen LogP contribution is -2.43. The summed E-state index contributed by atoms with van der Waals surface area (Å²) >= 11 is 0. The molecule has 0 aliphatic rings. The minimum atomic E-state index is -3.07. The van der Waals surface area contributed by atoms with E-state index in [1.54, 1.807) is 0 Å². The Labute approximate surface area is 44.6 Å². The maximum absolute atomic E-state index is 11.6. The first-order valence-corrected chi connectivity index (χ1v) is 1.99. The summed E-state index contributed by atoms with van der Waals surface area (Å²) in [4.78, 5) is 0. The standard InChI is InChI=1S/C3H7F3N2/c4-1(2(5)6)3(7)8/h1-3H,7-8H2/t1-/m1/s1. The highest BCUT2D eigenvalue weighted by molar-refractivity contribution is 4.66. The van der Waals surface area contributed by atoms with Crippen LogP contribution in [0.25, 0.3) is 0 Å². The van der Waals surface area contributed by atoms with Gasteiger partial charge in [0.2, 0.25) is 0 Å². The summed E-state index contributed by atoms with van der Waals surface area (Å²) in [5, 5.41) is 0. The zero-order chi connectivity index (χ0) is 6.73. The van der Waals surface area contributed by atoms with Crippen LogP contribution in [0.1, 0.15) is 0 Å². The van der Waals surface area contributed by atoms with Crippen LogP contribution < -0.4 is 11.5 Å². The molecule has 0 fully saturated rings. The molecule has 5 heteroatoms. The largest absolute Gasteiger partial charge is 0.313 e. The van der Waals surface area contributed by atoms with Crippen LogP contribution in [-0.4, -0.2) is 18.8 Å². The zero-order valence-corrected chi connectivity index (χ0v) is 4.02. The summed E-state index contributed by atoms with van der Waals surface area (Å²) in [5.41, 5.74) is 9.12. The normalized spacial score (nSPS) is 15.4. The Bertz CT molecular complexity index is 57.5. The monoisotopic (exact) mass is 128 g/mol. The van der Waals surface area contributed by atoms with E-state index in [9.17, 15) is 13.2 Å². The van der Waals surface area contributed by atoms with Gasteiger partial charge < -0.3 is 11.5 Å². The third-order valence-corrected chi connectivity index (χ3v) is 0.608. The predicted molar refractivity (Wildman–Crippen MR) is 23.1 cm³/mol. The van der Waals surface area contributed by atoms with Crippen molar-refractivity contribution in [1.82, 2.24) is 0 Å². The second kappa shape index (κ2) is 2.88. The highest BCUT2D eigenvalue weighted by Gasteiger charge is 2.23. The minimum absolute atomic E-state index is 1.57. The van der Waals surface area contributed by atoms with Crippen molar-refractivity contribution in [3.8, 4) is 0 Å². The first-order valence-electron chi connectivity index (χ1n) is 1.99. The molecule has 0 aromatic carbocycles. The molecule has 0 aliphatic heterocycles. The highest BCUT2D eigenvalue weighted by atomic mass is 19.3. The van der Waals surface area contributed by atoms with Gasteiger partial charge in [-0.1, -0.05) is 0 Å². The van der Waals surface area contributed by atoms with E-state index < -0.39 is 18.8 Å². The van der Waals surface area contributed by atoms with Crippen molar-refractivity contribution in [3.05, 3.63) is 0 Å². The summed E-state index contributed by atoms with van der Waals surface area (Å²) in [7, 11) is 0. The maximum atomic E-state index is 11.6. The number of rotatable bonds is 2. The van der Waals surface area contributed by atoms with Crippen molar-refractivity contribution in [3.63, 3.8) is 0 Å². The van der Waals surface area contributed by atoms with E-state index in [1.807, 2.05) is 0 Å². The molecular formula is C3H7F3N2. The van der Waals surface area contributed by atoms with Gasteiger partial charge in [-0.15, -0.1) is 0 Å². The Morgan fingerprint density at radius 1 is 1.00 bits per heavy atom. The molecule has 0 rings (SSSR count). The van der Waals surface area contributed by atoms with Crippen molar-refractivity contribution in [2.45, 2.75) is 18.8 Å². The summed E-state index contributed by atoms with van der Waals surface area (Å²) in [6.45, 7) is 0. The topological polar surface area (TPSA) is 52.0 Å². The van der Waals surface area contributed by atoms with Gasteiger partial charge in [-0.05, 0) is 0 Å². The summed E-state index contributed by atoms with van der Waals surface area (Å²) in [6.07, 6.45) is -7.06. The number of nitrogens with two attached hydrogens (primary N) is 2. The van der Waals surface area contributed by atoms with Crippen molar-refractivity contribution < 1.29 is 13.2 Å². The summed E-state index contributed by atoms with van der Waals surface area (Å²) in [5.74, 6) is 0. The molecule has 0 heterocycles. The Morgan fingerprint density at radius 3 is 1.38 bits per heavy atom. The molecule has 0 aliphatic carbocycles. The van der Waals surface area contributed by atoms with Crippen LogP contribution in [0.2, 0.25) is 0 Å². The smallest absolute Gasteiger partial charge is 0.272 e. The Hall–Kier alpha value is -0.290. The molecule has 2 nitrogen and oxygen atoms in total. The number of alkyl halides is 3. The lowest BCUT2D eigenvalue weighted by atomic mass is 10.3. The number of halogens is 3. The van der Waals surface area contributed by atoms with Crippen LogP contribution >= 0.6 is 0 Å². The molecule has 0 bridgehead atoms. The van der Waals surface area contributed by atoms with Gasteiger partial charge in [0, 0.05) is 0 Å².